The van der Waals surface area contributed by atoms with Crippen molar-refractivity contribution < 1.29 is 14.3 Å². The monoisotopic (exact) mass is 387 g/mol. The molecule has 0 bridgehead atoms. The molecule has 132 valence electrons. The van der Waals surface area contributed by atoms with Gasteiger partial charge in [0.1, 0.15) is 5.69 Å². The Kier molecular flexibility index (Phi) is 5.50. The van der Waals surface area contributed by atoms with Crippen LogP contribution in [0.15, 0.2) is 53.9 Å². The largest absolute Gasteiger partial charge is 0.465 e. The van der Waals surface area contributed by atoms with Gasteiger partial charge >= 0.3 is 5.97 Å². The van der Waals surface area contributed by atoms with Crippen molar-refractivity contribution >= 4 is 51.3 Å². The molecule has 0 aliphatic carbocycles. The maximum Gasteiger partial charge on any atom is 0.337 e. The number of ether oxygens (including phenoxy) is 1. The first-order valence-electron chi connectivity index (χ1n) is 7.53. The standard InChI is InChI=1S/C18H14ClN3O3S/c1-25-17(24)11-5-7-13(8-6-11)20-16(23)15-10-26-18(22-15)21-14-4-2-3-12(19)9-14/h2-10H,1H3,(H,20,23)(H,21,22). The number of halogens is 1. The first-order chi connectivity index (χ1) is 12.5. The third kappa shape index (κ3) is 4.38. The SMILES string of the molecule is COC(=O)c1ccc(NC(=O)c2csc(Nc3cccc(Cl)c3)n2)cc1. The predicted octanol–water partition coefficient (Wildman–Crippen LogP) is 4.58. The molecule has 3 rings (SSSR count). The maximum atomic E-state index is 12.3. The van der Waals surface area contributed by atoms with Crippen LogP contribution in [0.3, 0.4) is 0 Å². The van der Waals surface area contributed by atoms with Gasteiger partial charge in [0.25, 0.3) is 5.91 Å². The number of benzene rings is 2. The molecular formula is C18H14ClN3O3S. The van der Waals surface area contributed by atoms with Gasteiger partial charge in [0.15, 0.2) is 5.13 Å². The zero-order valence-corrected chi connectivity index (χ0v) is 15.2. The van der Waals surface area contributed by atoms with E-state index in [1.54, 1.807) is 41.8 Å². The van der Waals surface area contributed by atoms with Crippen LogP contribution in [-0.4, -0.2) is 24.0 Å². The fraction of sp³-hybridized carbons (Fsp3) is 0.0556. The molecule has 0 saturated carbocycles. The molecule has 1 amide bonds. The first kappa shape index (κ1) is 17.9. The summed E-state index contributed by atoms with van der Waals surface area (Å²) in [5.41, 5.74) is 2.04. The summed E-state index contributed by atoms with van der Waals surface area (Å²) in [5.74, 6) is -0.773. The van der Waals surface area contributed by atoms with Gasteiger partial charge in [0, 0.05) is 21.8 Å². The number of anilines is 3. The topological polar surface area (TPSA) is 80.3 Å². The lowest BCUT2D eigenvalue weighted by atomic mass is 10.2. The average Bonchev–Trinajstić information content (AvgIpc) is 3.10. The van der Waals surface area contributed by atoms with E-state index >= 15 is 0 Å². The summed E-state index contributed by atoms with van der Waals surface area (Å²) in [7, 11) is 1.31. The summed E-state index contributed by atoms with van der Waals surface area (Å²) >= 11 is 7.26. The molecule has 0 radical (unpaired) electrons. The Morgan fingerprint density at radius 1 is 1.12 bits per heavy atom. The summed E-state index contributed by atoms with van der Waals surface area (Å²) < 4.78 is 4.64. The highest BCUT2D eigenvalue weighted by Crippen LogP contribution is 2.23. The van der Waals surface area contributed by atoms with Crippen molar-refractivity contribution in [3.05, 3.63) is 70.2 Å². The number of aromatic nitrogens is 1. The number of rotatable bonds is 5. The Morgan fingerprint density at radius 2 is 1.88 bits per heavy atom. The van der Waals surface area contributed by atoms with E-state index in [0.29, 0.717) is 21.4 Å². The minimum Gasteiger partial charge on any atom is -0.465 e. The molecule has 1 heterocycles. The summed E-state index contributed by atoms with van der Waals surface area (Å²) in [6.45, 7) is 0. The number of hydrogen-bond donors (Lipinski definition) is 2. The molecule has 0 aliphatic rings. The van der Waals surface area contributed by atoms with Crippen LogP contribution >= 0.6 is 22.9 Å². The molecule has 3 aromatic rings. The van der Waals surface area contributed by atoms with E-state index in [2.05, 4.69) is 20.4 Å². The number of esters is 1. The van der Waals surface area contributed by atoms with E-state index in [1.807, 2.05) is 12.1 Å². The highest BCUT2D eigenvalue weighted by Gasteiger charge is 2.12. The van der Waals surface area contributed by atoms with E-state index in [-0.39, 0.29) is 11.6 Å². The normalized spacial score (nSPS) is 10.2. The van der Waals surface area contributed by atoms with Gasteiger partial charge in [-0.1, -0.05) is 17.7 Å². The lowest BCUT2D eigenvalue weighted by Crippen LogP contribution is -2.12. The maximum absolute atomic E-state index is 12.3. The number of nitrogens with one attached hydrogen (secondary N) is 2. The van der Waals surface area contributed by atoms with Crippen LogP contribution in [0.4, 0.5) is 16.5 Å². The van der Waals surface area contributed by atoms with E-state index in [9.17, 15) is 9.59 Å². The molecule has 1 aromatic heterocycles. The van der Waals surface area contributed by atoms with Crippen LogP contribution in [0, 0.1) is 0 Å². The Morgan fingerprint density at radius 3 is 2.58 bits per heavy atom. The second-order valence-electron chi connectivity index (χ2n) is 5.20. The number of hydrogen-bond acceptors (Lipinski definition) is 6. The molecule has 8 heteroatoms. The van der Waals surface area contributed by atoms with E-state index in [4.69, 9.17) is 11.6 Å². The molecule has 26 heavy (non-hydrogen) atoms. The third-order valence-corrected chi connectivity index (χ3v) is 4.37. The quantitative estimate of drug-likeness (QED) is 0.626. The van der Waals surface area contributed by atoms with Crippen molar-refractivity contribution in [2.24, 2.45) is 0 Å². The molecule has 0 saturated heterocycles. The van der Waals surface area contributed by atoms with E-state index in [1.165, 1.54) is 18.4 Å². The molecular weight excluding hydrogens is 374 g/mol. The number of nitrogens with zero attached hydrogens (tertiary/aromatic N) is 1. The molecule has 0 spiro atoms. The smallest absolute Gasteiger partial charge is 0.337 e. The molecule has 2 N–H and O–H groups in total. The van der Waals surface area contributed by atoms with Gasteiger partial charge in [0.05, 0.1) is 12.7 Å². The van der Waals surface area contributed by atoms with Gasteiger partial charge < -0.3 is 15.4 Å². The Bertz CT molecular complexity index is 941. The second-order valence-corrected chi connectivity index (χ2v) is 6.49. The number of carbonyl (C=O) groups excluding carboxylic acids is 2. The van der Waals surface area contributed by atoms with Crippen molar-refractivity contribution in [3.63, 3.8) is 0 Å². The second kappa shape index (κ2) is 7.99. The summed E-state index contributed by atoms with van der Waals surface area (Å²) in [6.07, 6.45) is 0. The van der Waals surface area contributed by atoms with Gasteiger partial charge in [-0.3, -0.25) is 4.79 Å². The van der Waals surface area contributed by atoms with Gasteiger partial charge in [0.2, 0.25) is 0 Å². The van der Waals surface area contributed by atoms with Crippen LogP contribution in [0.2, 0.25) is 5.02 Å². The lowest BCUT2D eigenvalue weighted by Gasteiger charge is -2.05. The highest BCUT2D eigenvalue weighted by atomic mass is 35.5. The summed E-state index contributed by atoms with van der Waals surface area (Å²) in [6, 6.07) is 13.6. The van der Waals surface area contributed by atoms with Crippen molar-refractivity contribution in [1.29, 1.82) is 0 Å². The fourth-order valence-electron chi connectivity index (χ4n) is 2.13. The zero-order valence-electron chi connectivity index (χ0n) is 13.7. The first-order valence-corrected chi connectivity index (χ1v) is 8.79. The molecule has 0 atom stereocenters. The molecule has 0 aliphatic heterocycles. The van der Waals surface area contributed by atoms with Gasteiger partial charge in [-0.05, 0) is 42.5 Å². The van der Waals surface area contributed by atoms with Crippen LogP contribution < -0.4 is 10.6 Å². The minimum absolute atomic E-state index is 0.288. The van der Waals surface area contributed by atoms with Crippen LogP contribution in [0.1, 0.15) is 20.8 Å². The third-order valence-electron chi connectivity index (χ3n) is 3.38. The number of carbonyl (C=O) groups is 2. The Balaban J connectivity index is 1.65. The Hall–Kier alpha value is -2.90. The van der Waals surface area contributed by atoms with Crippen LogP contribution in [0.25, 0.3) is 0 Å². The van der Waals surface area contributed by atoms with Crippen LogP contribution in [-0.2, 0) is 4.74 Å². The fourth-order valence-corrected chi connectivity index (χ4v) is 3.03. The van der Waals surface area contributed by atoms with Crippen molar-refractivity contribution in [1.82, 2.24) is 4.98 Å². The predicted molar refractivity (Wildman–Crippen MR) is 103 cm³/mol. The van der Waals surface area contributed by atoms with Gasteiger partial charge in [-0.25, -0.2) is 9.78 Å². The molecule has 0 fully saturated rings. The van der Waals surface area contributed by atoms with Crippen LogP contribution in [0.5, 0.6) is 0 Å². The highest BCUT2D eigenvalue weighted by molar-refractivity contribution is 7.14. The average molecular weight is 388 g/mol. The van der Waals surface area contributed by atoms with E-state index < -0.39 is 5.97 Å². The van der Waals surface area contributed by atoms with Crippen molar-refractivity contribution in [2.45, 2.75) is 0 Å². The zero-order chi connectivity index (χ0) is 18.5. The molecule has 0 unspecified atom stereocenters. The van der Waals surface area contributed by atoms with Gasteiger partial charge in [-0.15, -0.1) is 11.3 Å². The Labute approximate surface area is 158 Å². The van der Waals surface area contributed by atoms with Crippen molar-refractivity contribution in [3.8, 4) is 0 Å². The van der Waals surface area contributed by atoms with Crippen molar-refractivity contribution in [2.75, 3.05) is 17.7 Å². The number of methoxy groups -OCH3 is 1. The number of thiazole rings is 1. The lowest BCUT2D eigenvalue weighted by molar-refractivity contribution is 0.0600. The van der Waals surface area contributed by atoms with E-state index in [0.717, 1.165) is 5.69 Å². The van der Waals surface area contributed by atoms with Gasteiger partial charge in [-0.2, -0.15) is 0 Å². The summed E-state index contributed by atoms with van der Waals surface area (Å²) in [4.78, 5) is 28.0. The summed E-state index contributed by atoms with van der Waals surface area (Å²) in [5, 5.41) is 8.69. The minimum atomic E-state index is -0.431. The number of amides is 1. The molecule has 6 nitrogen and oxygen atoms in total. The molecule has 2 aromatic carbocycles.